The fourth-order valence-corrected chi connectivity index (χ4v) is 1.47. The summed E-state index contributed by atoms with van der Waals surface area (Å²) in [5.74, 6) is -0.468. The lowest BCUT2D eigenvalue weighted by Crippen LogP contribution is -2.10. The van der Waals surface area contributed by atoms with Crippen LogP contribution in [0.3, 0.4) is 0 Å². The van der Waals surface area contributed by atoms with E-state index >= 15 is 0 Å². The van der Waals surface area contributed by atoms with E-state index in [1.54, 1.807) is 13.0 Å². The Kier molecular flexibility index (Phi) is 5.58. The van der Waals surface area contributed by atoms with Crippen LogP contribution in [0.25, 0.3) is 0 Å². The third kappa shape index (κ3) is 4.01. The minimum atomic E-state index is -0.468. The maximum Gasteiger partial charge on any atom is 0.340 e. The summed E-state index contributed by atoms with van der Waals surface area (Å²) >= 11 is 0. The number of allylic oxidation sites excluding steroid dienone is 3. The Morgan fingerprint density at radius 3 is 2.56 bits per heavy atom. The van der Waals surface area contributed by atoms with Gasteiger partial charge in [-0.05, 0) is 25.0 Å². The monoisotopic (exact) mass is 243 g/mol. The van der Waals surface area contributed by atoms with Gasteiger partial charge < -0.3 is 10.1 Å². The van der Waals surface area contributed by atoms with Crippen molar-refractivity contribution in [3.63, 3.8) is 0 Å². The third-order valence-corrected chi connectivity index (χ3v) is 2.42. The van der Waals surface area contributed by atoms with Gasteiger partial charge in [0.05, 0.1) is 5.57 Å². The van der Waals surface area contributed by atoms with Crippen LogP contribution in [0, 0.1) is 5.41 Å². The Hall–Kier alpha value is -2.16. The highest BCUT2D eigenvalue weighted by Gasteiger charge is 2.10. The molecule has 1 aromatic rings. The predicted molar refractivity (Wildman–Crippen MR) is 72.5 cm³/mol. The molecule has 0 amide bonds. The molecular formula is C15H17NO2. The van der Waals surface area contributed by atoms with Crippen LogP contribution in [0.2, 0.25) is 0 Å². The molecule has 0 aliphatic rings. The summed E-state index contributed by atoms with van der Waals surface area (Å²) in [4.78, 5) is 11.8. The molecule has 0 aliphatic carbocycles. The first kappa shape index (κ1) is 13.9. The van der Waals surface area contributed by atoms with Gasteiger partial charge in [0.1, 0.15) is 6.61 Å². The zero-order valence-corrected chi connectivity index (χ0v) is 10.6. The van der Waals surface area contributed by atoms with Gasteiger partial charge in [-0.25, -0.2) is 4.79 Å². The van der Waals surface area contributed by atoms with Gasteiger partial charge in [0.15, 0.2) is 0 Å². The summed E-state index contributed by atoms with van der Waals surface area (Å²) < 4.78 is 5.17. The summed E-state index contributed by atoms with van der Waals surface area (Å²) in [5.41, 5.74) is 1.94. The van der Waals surface area contributed by atoms with E-state index in [0.29, 0.717) is 0 Å². The van der Waals surface area contributed by atoms with Crippen LogP contribution in [0.15, 0.2) is 53.6 Å². The van der Waals surface area contributed by atoms with E-state index in [2.05, 4.69) is 0 Å². The molecule has 0 aliphatic heterocycles. The van der Waals surface area contributed by atoms with E-state index in [9.17, 15) is 4.79 Å². The minimum absolute atomic E-state index is 0.222. The summed E-state index contributed by atoms with van der Waals surface area (Å²) in [5, 5.41) is 7.26. The molecule has 1 rings (SSSR count). The zero-order valence-electron chi connectivity index (χ0n) is 10.6. The second-order valence-corrected chi connectivity index (χ2v) is 3.80. The normalized spacial score (nSPS) is 12.1. The average molecular weight is 243 g/mol. The van der Waals surface area contributed by atoms with Crippen molar-refractivity contribution in [1.82, 2.24) is 0 Å². The van der Waals surface area contributed by atoms with Crippen molar-refractivity contribution in [3.8, 4) is 0 Å². The van der Waals surface area contributed by atoms with Crippen LogP contribution in [-0.2, 0) is 16.1 Å². The largest absolute Gasteiger partial charge is 0.457 e. The summed E-state index contributed by atoms with van der Waals surface area (Å²) in [6.07, 6.45) is 4.64. The van der Waals surface area contributed by atoms with E-state index < -0.39 is 5.97 Å². The molecule has 94 valence electrons. The second-order valence-electron chi connectivity index (χ2n) is 3.80. The van der Waals surface area contributed by atoms with Crippen molar-refractivity contribution >= 4 is 12.2 Å². The maximum absolute atomic E-state index is 11.8. The molecule has 0 aromatic heterocycles. The van der Waals surface area contributed by atoms with Crippen molar-refractivity contribution in [2.24, 2.45) is 0 Å². The number of carbonyl (C=O) groups excluding carboxylic acids is 1. The second kappa shape index (κ2) is 7.22. The van der Waals surface area contributed by atoms with Gasteiger partial charge >= 0.3 is 5.97 Å². The Balaban J connectivity index is 2.70. The number of benzene rings is 1. The SMILES string of the molecule is C/C=C\C(C)=C(/C=N)C(=O)OCc1ccccc1. The molecule has 0 radical (unpaired) electrons. The topological polar surface area (TPSA) is 50.2 Å². The van der Waals surface area contributed by atoms with Gasteiger partial charge in [0.25, 0.3) is 0 Å². The molecule has 0 saturated heterocycles. The first-order chi connectivity index (χ1) is 8.69. The van der Waals surface area contributed by atoms with Crippen LogP contribution in [0.1, 0.15) is 19.4 Å². The molecular weight excluding hydrogens is 226 g/mol. The molecule has 0 atom stereocenters. The summed E-state index contributed by atoms with van der Waals surface area (Å²) in [6, 6.07) is 9.47. The Morgan fingerprint density at radius 2 is 2.00 bits per heavy atom. The molecule has 0 spiro atoms. The molecule has 3 nitrogen and oxygen atoms in total. The van der Waals surface area contributed by atoms with Crippen LogP contribution in [-0.4, -0.2) is 12.2 Å². The predicted octanol–water partition coefficient (Wildman–Crippen LogP) is 3.27. The van der Waals surface area contributed by atoms with Crippen molar-refractivity contribution < 1.29 is 9.53 Å². The van der Waals surface area contributed by atoms with Gasteiger partial charge in [-0.15, -0.1) is 0 Å². The molecule has 1 N–H and O–H groups in total. The molecule has 0 heterocycles. The highest BCUT2D eigenvalue weighted by molar-refractivity contribution is 6.09. The minimum Gasteiger partial charge on any atom is -0.457 e. The maximum atomic E-state index is 11.8. The third-order valence-electron chi connectivity index (χ3n) is 2.42. The zero-order chi connectivity index (χ0) is 13.4. The van der Waals surface area contributed by atoms with Crippen molar-refractivity contribution in [2.45, 2.75) is 20.5 Å². The Morgan fingerprint density at radius 1 is 1.33 bits per heavy atom. The van der Waals surface area contributed by atoms with Crippen LogP contribution >= 0.6 is 0 Å². The lowest BCUT2D eigenvalue weighted by molar-refractivity contribution is -0.139. The fourth-order valence-electron chi connectivity index (χ4n) is 1.47. The van der Waals surface area contributed by atoms with Crippen LogP contribution < -0.4 is 0 Å². The van der Waals surface area contributed by atoms with Gasteiger partial charge in [0, 0.05) is 6.21 Å². The van der Waals surface area contributed by atoms with Gasteiger partial charge in [0.2, 0.25) is 0 Å². The van der Waals surface area contributed by atoms with Crippen molar-refractivity contribution in [2.75, 3.05) is 0 Å². The van der Waals surface area contributed by atoms with E-state index in [4.69, 9.17) is 10.1 Å². The molecule has 0 saturated carbocycles. The van der Waals surface area contributed by atoms with E-state index in [-0.39, 0.29) is 12.2 Å². The highest BCUT2D eigenvalue weighted by Crippen LogP contribution is 2.08. The van der Waals surface area contributed by atoms with Crippen molar-refractivity contribution in [3.05, 3.63) is 59.2 Å². The number of hydrogen-bond acceptors (Lipinski definition) is 3. The quantitative estimate of drug-likeness (QED) is 0.373. The van der Waals surface area contributed by atoms with Gasteiger partial charge in [-0.3, -0.25) is 0 Å². The number of esters is 1. The van der Waals surface area contributed by atoms with Crippen molar-refractivity contribution in [1.29, 1.82) is 5.41 Å². The van der Waals surface area contributed by atoms with Crippen LogP contribution in [0.4, 0.5) is 0 Å². The molecule has 0 unspecified atom stereocenters. The number of hydrogen-bond donors (Lipinski definition) is 1. The molecule has 3 heteroatoms. The first-order valence-electron chi connectivity index (χ1n) is 5.74. The fraction of sp³-hybridized carbons (Fsp3) is 0.200. The van der Waals surface area contributed by atoms with E-state index in [1.807, 2.05) is 43.3 Å². The van der Waals surface area contributed by atoms with Gasteiger partial charge in [-0.2, -0.15) is 0 Å². The van der Waals surface area contributed by atoms with E-state index in [1.165, 1.54) is 0 Å². The number of ether oxygens (including phenoxy) is 1. The number of rotatable bonds is 5. The Labute approximate surface area is 107 Å². The number of nitrogens with one attached hydrogen (secondary N) is 1. The highest BCUT2D eigenvalue weighted by atomic mass is 16.5. The molecule has 18 heavy (non-hydrogen) atoms. The smallest absolute Gasteiger partial charge is 0.340 e. The molecule has 0 bridgehead atoms. The first-order valence-corrected chi connectivity index (χ1v) is 5.74. The standard InChI is InChI=1S/C15H17NO2/c1-3-7-12(2)14(10-16)15(17)18-11-13-8-5-4-6-9-13/h3-10,16H,11H2,1-2H3/b7-3-,14-12+,16-10?. The van der Waals surface area contributed by atoms with Gasteiger partial charge in [-0.1, -0.05) is 42.5 Å². The molecule has 1 aromatic carbocycles. The lowest BCUT2D eigenvalue weighted by Gasteiger charge is -2.06. The summed E-state index contributed by atoms with van der Waals surface area (Å²) in [7, 11) is 0. The number of carbonyl (C=O) groups is 1. The van der Waals surface area contributed by atoms with Crippen LogP contribution in [0.5, 0.6) is 0 Å². The van der Waals surface area contributed by atoms with E-state index in [0.717, 1.165) is 17.4 Å². The molecule has 0 fully saturated rings. The lowest BCUT2D eigenvalue weighted by atomic mass is 10.1. The summed E-state index contributed by atoms with van der Waals surface area (Å²) in [6.45, 7) is 3.87. The Bertz CT molecular complexity index is 473. The average Bonchev–Trinajstić information content (AvgIpc) is 2.39.